The molecule has 2 atom stereocenters. The van der Waals surface area contributed by atoms with Gasteiger partial charge in [0.05, 0.1) is 19.3 Å². The van der Waals surface area contributed by atoms with Gasteiger partial charge in [-0.15, -0.1) is 0 Å². The van der Waals surface area contributed by atoms with E-state index in [1.165, 1.54) is 12.1 Å². The SMILES string of the molecule is CC(N)C(OC1COC1)c1ccc(F)cc1. The minimum atomic E-state index is -0.251. The van der Waals surface area contributed by atoms with Gasteiger partial charge in [0.15, 0.2) is 0 Å². The minimum Gasteiger partial charge on any atom is -0.376 e. The van der Waals surface area contributed by atoms with Crippen molar-refractivity contribution in [1.82, 2.24) is 0 Å². The van der Waals surface area contributed by atoms with Gasteiger partial charge in [-0.2, -0.15) is 0 Å². The highest BCUT2D eigenvalue weighted by Crippen LogP contribution is 2.24. The predicted molar refractivity (Wildman–Crippen MR) is 58.5 cm³/mol. The van der Waals surface area contributed by atoms with E-state index in [1.807, 2.05) is 6.92 Å². The molecule has 0 bridgehead atoms. The molecule has 1 aliphatic rings. The normalized spacial score (nSPS) is 20.2. The van der Waals surface area contributed by atoms with Crippen molar-refractivity contribution in [1.29, 1.82) is 0 Å². The van der Waals surface area contributed by atoms with E-state index in [-0.39, 0.29) is 24.1 Å². The maximum atomic E-state index is 12.8. The van der Waals surface area contributed by atoms with E-state index in [1.54, 1.807) is 12.1 Å². The number of nitrogens with two attached hydrogens (primary N) is 1. The lowest BCUT2D eigenvalue weighted by atomic mass is 10.0. The third kappa shape index (κ3) is 2.58. The molecule has 0 spiro atoms. The lowest BCUT2D eigenvalue weighted by molar-refractivity contribution is -0.159. The fourth-order valence-electron chi connectivity index (χ4n) is 1.66. The van der Waals surface area contributed by atoms with Crippen LogP contribution in [0.1, 0.15) is 18.6 Å². The highest BCUT2D eigenvalue weighted by Gasteiger charge is 2.26. The molecule has 0 aliphatic carbocycles. The first-order valence-corrected chi connectivity index (χ1v) is 5.41. The molecule has 2 unspecified atom stereocenters. The van der Waals surface area contributed by atoms with Crippen LogP contribution in [-0.4, -0.2) is 25.4 Å². The van der Waals surface area contributed by atoms with Crippen molar-refractivity contribution in [2.75, 3.05) is 13.2 Å². The molecule has 1 saturated heterocycles. The fraction of sp³-hybridized carbons (Fsp3) is 0.500. The summed E-state index contributed by atoms with van der Waals surface area (Å²) in [5, 5.41) is 0. The van der Waals surface area contributed by atoms with Crippen LogP contribution in [0.2, 0.25) is 0 Å². The Morgan fingerprint density at radius 3 is 2.44 bits per heavy atom. The summed E-state index contributed by atoms with van der Waals surface area (Å²) in [5.74, 6) is -0.251. The Bertz CT molecular complexity index is 335. The first-order chi connectivity index (χ1) is 7.66. The summed E-state index contributed by atoms with van der Waals surface area (Å²) in [6, 6.07) is 6.13. The Morgan fingerprint density at radius 1 is 1.38 bits per heavy atom. The summed E-state index contributed by atoms with van der Waals surface area (Å²) >= 11 is 0. The van der Waals surface area contributed by atoms with E-state index in [0.717, 1.165) is 5.56 Å². The Kier molecular flexibility index (Phi) is 3.53. The maximum absolute atomic E-state index is 12.8. The first-order valence-electron chi connectivity index (χ1n) is 5.41. The fourth-order valence-corrected chi connectivity index (χ4v) is 1.66. The second kappa shape index (κ2) is 4.91. The largest absolute Gasteiger partial charge is 0.376 e. The Hall–Kier alpha value is -0.970. The van der Waals surface area contributed by atoms with Crippen LogP contribution >= 0.6 is 0 Å². The molecule has 88 valence electrons. The average Bonchev–Trinajstić information content (AvgIpc) is 2.18. The Morgan fingerprint density at radius 2 is 2.00 bits per heavy atom. The van der Waals surface area contributed by atoms with Gasteiger partial charge in [-0.05, 0) is 24.6 Å². The smallest absolute Gasteiger partial charge is 0.123 e. The molecule has 1 aromatic carbocycles. The highest BCUT2D eigenvalue weighted by atomic mass is 19.1. The quantitative estimate of drug-likeness (QED) is 0.847. The van der Waals surface area contributed by atoms with Crippen LogP contribution in [-0.2, 0) is 9.47 Å². The van der Waals surface area contributed by atoms with Gasteiger partial charge < -0.3 is 15.2 Å². The van der Waals surface area contributed by atoms with Crippen molar-refractivity contribution >= 4 is 0 Å². The number of ether oxygens (including phenoxy) is 2. The van der Waals surface area contributed by atoms with E-state index < -0.39 is 0 Å². The molecular formula is C12H16FNO2. The Balaban J connectivity index is 2.08. The zero-order valence-electron chi connectivity index (χ0n) is 9.23. The summed E-state index contributed by atoms with van der Waals surface area (Å²) in [5.41, 5.74) is 6.78. The molecule has 4 heteroatoms. The maximum Gasteiger partial charge on any atom is 0.123 e. The van der Waals surface area contributed by atoms with E-state index >= 15 is 0 Å². The lowest BCUT2D eigenvalue weighted by Crippen LogP contribution is -2.40. The predicted octanol–water partition coefficient (Wildman–Crippen LogP) is 1.63. The molecule has 1 aromatic rings. The van der Waals surface area contributed by atoms with Crippen molar-refractivity contribution in [3.63, 3.8) is 0 Å². The molecule has 0 amide bonds. The van der Waals surface area contributed by atoms with Gasteiger partial charge in [0.1, 0.15) is 11.9 Å². The van der Waals surface area contributed by atoms with E-state index in [2.05, 4.69) is 0 Å². The van der Waals surface area contributed by atoms with E-state index in [0.29, 0.717) is 13.2 Å². The summed E-state index contributed by atoms with van der Waals surface area (Å²) in [7, 11) is 0. The summed E-state index contributed by atoms with van der Waals surface area (Å²) < 4.78 is 23.6. The molecule has 1 aliphatic heterocycles. The molecule has 0 saturated carbocycles. The van der Waals surface area contributed by atoms with Crippen molar-refractivity contribution < 1.29 is 13.9 Å². The molecule has 2 rings (SSSR count). The van der Waals surface area contributed by atoms with Crippen molar-refractivity contribution in [2.45, 2.75) is 25.2 Å². The van der Waals surface area contributed by atoms with Gasteiger partial charge in [-0.3, -0.25) is 0 Å². The molecule has 1 heterocycles. The summed E-state index contributed by atoms with van der Waals surface area (Å²) in [4.78, 5) is 0. The van der Waals surface area contributed by atoms with Gasteiger partial charge in [0.25, 0.3) is 0 Å². The zero-order valence-corrected chi connectivity index (χ0v) is 9.23. The lowest BCUT2D eigenvalue weighted by Gasteiger charge is -2.32. The topological polar surface area (TPSA) is 44.5 Å². The summed E-state index contributed by atoms with van der Waals surface area (Å²) in [6.45, 7) is 3.11. The van der Waals surface area contributed by atoms with Crippen molar-refractivity contribution in [3.05, 3.63) is 35.6 Å². The van der Waals surface area contributed by atoms with Crippen molar-refractivity contribution in [3.8, 4) is 0 Å². The van der Waals surface area contributed by atoms with Crippen LogP contribution < -0.4 is 5.73 Å². The third-order valence-electron chi connectivity index (χ3n) is 2.62. The van der Waals surface area contributed by atoms with Gasteiger partial charge >= 0.3 is 0 Å². The van der Waals surface area contributed by atoms with Crippen LogP contribution in [0, 0.1) is 5.82 Å². The number of hydrogen-bond acceptors (Lipinski definition) is 3. The van der Waals surface area contributed by atoms with Crippen LogP contribution in [0.5, 0.6) is 0 Å². The van der Waals surface area contributed by atoms with Gasteiger partial charge in [-0.25, -0.2) is 4.39 Å². The van der Waals surface area contributed by atoms with Crippen LogP contribution in [0.25, 0.3) is 0 Å². The van der Waals surface area contributed by atoms with Gasteiger partial charge in [0, 0.05) is 6.04 Å². The molecule has 2 N–H and O–H groups in total. The minimum absolute atomic E-state index is 0.112. The van der Waals surface area contributed by atoms with Crippen LogP contribution in [0.15, 0.2) is 24.3 Å². The van der Waals surface area contributed by atoms with E-state index in [9.17, 15) is 4.39 Å². The van der Waals surface area contributed by atoms with Gasteiger partial charge in [0.2, 0.25) is 0 Å². The van der Waals surface area contributed by atoms with Crippen LogP contribution in [0.4, 0.5) is 4.39 Å². The highest BCUT2D eigenvalue weighted by molar-refractivity contribution is 5.20. The molecule has 3 nitrogen and oxygen atoms in total. The number of rotatable bonds is 4. The third-order valence-corrected chi connectivity index (χ3v) is 2.62. The van der Waals surface area contributed by atoms with Crippen molar-refractivity contribution in [2.24, 2.45) is 5.73 Å². The Labute approximate surface area is 94.3 Å². The number of halogens is 1. The number of benzene rings is 1. The molecule has 0 aromatic heterocycles. The first kappa shape index (κ1) is 11.5. The van der Waals surface area contributed by atoms with Gasteiger partial charge in [-0.1, -0.05) is 12.1 Å². The standard InChI is InChI=1S/C12H16FNO2/c1-8(14)12(16-11-6-15-7-11)9-2-4-10(13)5-3-9/h2-5,8,11-12H,6-7,14H2,1H3. The molecule has 0 radical (unpaired) electrons. The average molecular weight is 225 g/mol. The zero-order chi connectivity index (χ0) is 11.5. The molecular weight excluding hydrogens is 209 g/mol. The van der Waals surface area contributed by atoms with Crippen LogP contribution in [0.3, 0.4) is 0 Å². The monoisotopic (exact) mass is 225 g/mol. The van der Waals surface area contributed by atoms with E-state index in [4.69, 9.17) is 15.2 Å². The number of hydrogen-bond donors (Lipinski definition) is 1. The second-order valence-corrected chi connectivity index (χ2v) is 4.13. The second-order valence-electron chi connectivity index (χ2n) is 4.13. The molecule has 16 heavy (non-hydrogen) atoms. The molecule has 1 fully saturated rings. The summed E-state index contributed by atoms with van der Waals surface area (Å²) in [6.07, 6.45) is -0.0875.